The van der Waals surface area contributed by atoms with Crippen LogP contribution in [0.4, 0.5) is 16.2 Å². The number of hydrogen-bond donors (Lipinski definition) is 4. The first-order valence-corrected chi connectivity index (χ1v) is 13.5. The summed E-state index contributed by atoms with van der Waals surface area (Å²) in [4.78, 5) is 45.8. The second-order valence-electron chi connectivity index (χ2n) is 10.1. The number of fused-ring (bicyclic) bond motifs is 4. The standard InChI is InChI=1S/C29H31N9O4/c1-17-7-11-25(38-16-31-36-37-38)19(13-17)8-12-26(39)33-22-6-4-5-18(2)28(40)35-23-14-20(32-29(41)42-3)9-10-21(23)24-15-30-27(22)34-24/h7-16,18,22H,4-6H2,1-3H3,(H,30,34)(H,32,41)(H,33,39)(H,35,40)/b12-8+/t18-,22+/m1/s1. The number of tetrazole rings is 1. The first-order valence-electron chi connectivity index (χ1n) is 13.5. The van der Waals surface area contributed by atoms with Gasteiger partial charge in [0, 0.05) is 35.0 Å². The van der Waals surface area contributed by atoms with Crippen molar-refractivity contribution in [3.05, 3.63) is 71.9 Å². The third-order valence-corrected chi connectivity index (χ3v) is 7.00. The number of H-pyrrole nitrogens is 1. The molecule has 2 atom stereocenters. The number of anilines is 2. The SMILES string of the molecule is COC(=O)Nc1ccc2c(c1)NC(=O)[C@H](C)CCC[C@H](NC(=O)/C=C/c1cc(C)ccc1-n1cnnn1)c1nc-2c[nH]1. The summed E-state index contributed by atoms with van der Waals surface area (Å²) in [6, 6.07) is 10.5. The van der Waals surface area contributed by atoms with Crippen LogP contribution in [-0.4, -0.2) is 55.2 Å². The van der Waals surface area contributed by atoms with Gasteiger partial charge in [-0.05, 0) is 66.6 Å². The number of nitrogens with one attached hydrogen (secondary N) is 4. The first-order chi connectivity index (χ1) is 20.3. The molecular weight excluding hydrogens is 538 g/mol. The molecule has 0 radical (unpaired) electrons. The predicted molar refractivity (Wildman–Crippen MR) is 156 cm³/mol. The molecule has 1 aliphatic rings. The maximum Gasteiger partial charge on any atom is 0.411 e. The fourth-order valence-corrected chi connectivity index (χ4v) is 4.74. The lowest BCUT2D eigenvalue weighted by Crippen LogP contribution is -2.28. The Bertz CT molecular complexity index is 1630. The summed E-state index contributed by atoms with van der Waals surface area (Å²) in [6.07, 6.45) is 7.68. The lowest BCUT2D eigenvalue weighted by atomic mass is 9.99. The summed E-state index contributed by atoms with van der Waals surface area (Å²) in [7, 11) is 1.28. The number of benzene rings is 2. The number of ether oxygens (including phenoxy) is 1. The largest absolute Gasteiger partial charge is 0.453 e. The summed E-state index contributed by atoms with van der Waals surface area (Å²) in [6.45, 7) is 3.83. The maximum absolute atomic E-state index is 13.1. The number of aromatic amines is 1. The van der Waals surface area contributed by atoms with E-state index in [-0.39, 0.29) is 17.7 Å². The number of rotatable bonds is 5. The molecule has 2 aromatic heterocycles. The highest BCUT2D eigenvalue weighted by Gasteiger charge is 2.23. The summed E-state index contributed by atoms with van der Waals surface area (Å²) in [5.74, 6) is -0.126. The first kappa shape index (κ1) is 28.2. The monoisotopic (exact) mass is 569 g/mol. The van der Waals surface area contributed by atoms with Crippen LogP contribution in [0.5, 0.6) is 0 Å². The van der Waals surface area contributed by atoms with E-state index in [1.807, 2.05) is 32.0 Å². The lowest BCUT2D eigenvalue weighted by Gasteiger charge is -2.19. The molecule has 0 spiro atoms. The highest BCUT2D eigenvalue weighted by atomic mass is 16.5. The Hall–Kier alpha value is -5.33. The Balaban J connectivity index is 1.40. The molecule has 4 N–H and O–H groups in total. The summed E-state index contributed by atoms with van der Waals surface area (Å²) >= 11 is 0. The zero-order valence-corrected chi connectivity index (χ0v) is 23.4. The number of methoxy groups -OCH3 is 1. The molecule has 1 aliphatic heterocycles. The fraction of sp³-hybridized carbons (Fsp3) is 0.276. The predicted octanol–water partition coefficient (Wildman–Crippen LogP) is 4.17. The van der Waals surface area contributed by atoms with E-state index in [1.165, 1.54) is 24.2 Å². The zero-order valence-electron chi connectivity index (χ0n) is 23.4. The summed E-state index contributed by atoms with van der Waals surface area (Å²) < 4.78 is 6.22. The van der Waals surface area contributed by atoms with Crippen molar-refractivity contribution in [2.45, 2.75) is 39.2 Å². The van der Waals surface area contributed by atoms with Crippen LogP contribution in [0.25, 0.3) is 23.0 Å². The van der Waals surface area contributed by atoms with Gasteiger partial charge in [-0.25, -0.2) is 9.78 Å². The molecule has 216 valence electrons. The average Bonchev–Trinajstić information content (AvgIpc) is 3.68. The van der Waals surface area contributed by atoms with Gasteiger partial charge in [0.25, 0.3) is 0 Å². The van der Waals surface area contributed by atoms with Gasteiger partial charge in [-0.3, -0.25) is 14.9 Å². The fourth-order valence-electron chi connectivity index (χ4n) is 4.74. The third kappa shape index (κ3) is 6.52. The number of carbonyl (C=O) groups is 3. The van der Waals surface area contributed by atoms with E-state index < -0.39 is 12.1 Å². The number of aryl methyl sites for hydroxylation is 1. The molecule has 0 aliphatic carbocycles. The number of amides is 3. The molecular formula is C29H31N9O4. The second-order valence-corrected chi connectivity index (χ2v) is 10.1. The van der Waals surface area contributed by atoms with Crippen molar-refractivity contribution in [3.8, 4) is 16.9 Å². The smallest absolute Gasteiger partial charge is 0.411 e. The van der Waals surface area contributed by atoms with Crippen molar-refractivity contribution in [2.24, 2.45) is 5.92 Å². The Kier molecular flexibility index (Phi) is 8.37. The molecule has 13 heteroatoms. The molecule has 0 fully saturated rings. The highest BCUT2D eigenvalue weighted by Crippen LogP contribution is 2.32. The van der Waals surface area contributed by atoms with E-state index in [4.69, 9.17) is 4.98 Å². The summed E-state index contributed by atoms with van der Waals surface area (Å²) in [5, 5.41) is 20.0. The highest BCUT2D eigenvalue weighted by molar-refractivity contribution is 5.98. The van der Waals surface area contributed by atoms with Gasteiger partial charge in [0.15, 0.2) is 0 Å². The van der Waals surface area contributed by atoms with E-state index in [2.05, 4.69) is 41.2 Å². The second kappa shape index (κ2) is 12.5. The van der Waals surface area contributed by atoms with Gasteiger partial charge in [-0.2, -0.15) is 4.68 Å². The minimum atomic E-state index is -0.619. The Morgan fingerprint density at radius 3 is 2.81 bits per heavy atom. The van der Waals surface area contributed by atoms with Crippen LogP contribution < -0.4 is 16.0 Å². The quantitative estimate of drug-likeness (QED) is 0.260. The average molecular weight is 570 g/mol. The van der Waals surface area contributed by atoms with Crippen molar-refractivity contribution in [3.63, 3.8) is 0 Å². The van der Waals surface area contributed by atoms with Crippen LogP contribution in [0.3, 0.4) is 0 Å². The van der Waals surface area contributed by atoms with Crippen LogP contribution in [0.2, 0.25) is 0 Å². The number of aromatic nitrogens is 6. The third-order valence-electron chi connectivity index (χ3n) is 7.00. The molecule has 2 aromatic carbocycles. The molecule has 0 unspecified atom stereocenters. The molecule has 0 saturated heterocycles. The van der Waals surface area contributed by atoms with Crippen molar-refractivity contribution < 1.29 is 19.1 Å². The van der Waals surface area contributed by atoms with Crippen LogP contribution in [-0.2, 0) is 14.3 Å². The topological polar surface area (TPSA) is 169 Å². The minimum Gasteiger partial charge on any atom is -0.453 e. The Labute approximate surface area is 241 Å². The van der Waals surface area contributed by atoms with E-state index >= 15 is 0 Å². The normalized spacial score (nSPS) is 17.0. The molecule has 3 amide bonds. The minimum absolute atomic E-state index is 0.150. The van der Waals surface area contributed by atoms with Gasteiger partial charge in [0.1, 0.15) is 12.2 Å². The Morgan fingerprint density at radius 2 is 2.02 bits per heavy atom. The molecule has 5 rings (SSSR count). The lowest BCUT2D eigenvalue weighted by molar-refractivity contribution is -0.120. The summed E-state index contributed by atoms with van der Waals surface area (Å²) in [5.41, 5.74) is 4.76. The van der Waals surface area contributed by atoms with Gasteiger partial charge < -0.3 is 20.4 Å². The molecule has 2 bridgehead atoms. The van der Waals surface area contributed by atoms with Crippen molar-refractivity contribution in [1.82, 2.24) is 35.5 Å². The Morgan fingerprint density at radius 1 is 1.17 bits per heavy atom. The van der Waals surface area contributed by atoms with Gasteiger partial charge >= 0.3 is 6.09 Å². The molecule has 13 nitrogen and oxygen atoms in total. The number of carbonyl (C=O) groups excluding carboxylic acids is 3. The van der Waals surface area contributed by atoms with Crippen LogP contribution in [0.15, 0.2) is 55.0 Å². The van der Waals surface area contributed by atoms with Crippen LogP contribution in [0.1, 0.15) is 49.2 Å². The zero-order chi connectivity index (χ0) is 29.6. The number of hydrogen-bond acceptors (Lipinski definition) is 8. The molecule has 3 heterocycles. The van der Waals surface area contributed by atoms with Crippen molar-refractivity contribution >= 4 is 35.4 Å². The van der Waals surface area contributed by atoms with Gasteiger partial charge in [0.2, 0.25) is 11.8 Å². The van der Waals surface area contributed by atoms with Crippen LogP contribution >= 0.6 is 0 Å². The molecule has 0 saturated carbocycles. The van der Waals surface area contributed by atoms with E-state index in [0.29, 0.717) is 47.7 Å². The number of imidazole rings is 1. The van der Waals surface area contributed by atoms with Crippen molar-refractivity contribution in [2.75, 3.05) is 17.7 Å². The van der Waals surface area contributed by atoms with E-state index in [1.54, 1.807) is 30.5 Å². The van der Waals surface area contributed by atoms with E-state index in [9.17, 15) is 14.4 Å². The molecule has 42 heavy (non-hydrogen) atoms. The maximum atomic E-state index is 13.1. The number of nitrogens with zero attached hydrogens (tertiary/aromatic N) is 5. The van der Waals surface area contributed by atoms with E-state index in [0.717, 1.165) is 16.8 Å². The van der Waals surface area contributed by atoms with Gasteiger partial charge in [0.05, 0.1) is 30.2 Å². The van der Waals surface area contributed by atoms with Gasteiger partial charge in [-0.1, -0.05) is 25.0 Å². The van der Waals surface area contributed by atoms with Crippen molar-refractivity contribution in [1.29, 1.82) is 0 Å². The van der Waals surface area contributed by atoms with Gasteiger partial charge in [-0.15, -0.1) is 5.10 Å². The van der Waals surface area contributed by atoms with Crippen LogP contribution in [0, 0.1) is 12.8 Å². The molecule has 4 aromatic rings.